The molecule has 1 saturated carbocycles. The zero-order valence-electron chi connectivity index (χ0n) is 11.0. The number of aliphatic carboxylic acids is 1. The molecule has 3 rings (SSSR count). The van der Waals surface area contributed by atoms with Crippen molar-refractivity contribution in [1.29, 1.82) is 0 Å². The van der Waals surface area contributed by atoms with Crippen LogP contribution in [0.3, 0.4) is 0 Å². The summed E-state index contributed by atoms with van der Waals surface area (Å²) >= 11 is 7.38. The van der Waals surface area contributed by atoms with Crippen LogP contribution in [0.2, 0.25) is 5.02 Å². The Morgan fingerprint density at radius 2 is 2.10 bits per heavy atom. The zero-order valence-corrected chi connectivity index (χ0v) is 12.5. The predicted molar refractivity (Wildman–Crippen MR) is 78.0 cm³/mol. The Morgan fingerprint density at radius 1 is 1.38 bits per heavy atom. The highest BCUT2D eigenvalue weighted by molar-refractivity contribution is 8.00. The van der Waals surface area contributed by atoms with Crippen molar-refractivity contribution in [2.45, 2.75) is 24.3 Å². The van der Waals surface area contributed by atoms with Gasteiger partial charge in [0, 0.05) is 5.75 Å². The SMILES string of the molecule is O=C(O)C1CSC(C2CC2)N1C(=O)c1c(F)cccc1Cl. The van der Waals surface area contributed by atoms with E-state index in [4.69, 9.17) is 11.6 Å². The molecule has 2 atom stereocenters. The number of hydrogen-bond acceptors (Lipinski definition) is 3. The van der Waals surface area contributed by atoms with Crippen LogP contribution in [0, 0.1) is 11.7 Å². The topological polar surface area (TPSA) is 57.6 Å². The van der Waals surface area contributed by atoms with E-state index in [1.807, 2.05) is 0 Å². The van der Waals surface area contributed by atoms with Crippen LogP contribution in [-0.2, 0) is 4.79 Å². The van der Waals surface area contributed by atoms with E-state index in [0.717, 1.165) is 18.9 Å². The highest BCUT2D eigenvalue weighted by Crippen LogP contribution is 2.46. The minimum absolute atomic E-state index is 0.00980. The van der Waals surface area contributed by atoms with Gasteiger partial charge in [-0.2, -0.15) is 0 Å². The highest BCUT2D eigenvalue weighted by Gasteiger charge is 2.48. The van der Waals surface area contributed by atoms with Crippen molar-refractivity contribution in [2.24, 2.45) is 5.92 Å². The van der Waals surface area contributed by atoms with Gasteiger partial charge in [-0.05, 0) is 30.9 Å². The molecule has 2 unspecified atom stereocenters. The molecule has 0 spiro atoms. The first-order valence-corrected chi connectivity index (χ1v) is 8.04. The van der Waals surface area contributed by atoms with Gasteiger partial charge in [0.05, 0.1) is 16.0 Å². The van der Waals surface area contributed by atoms with E-state index in [-0.39, 0.29) is 16.0 Å². The molecule has 2 aliphatic rings. The van der Waals surface area contributed by atoms with E-state index in [1.54, 1.807) is 0 Å². The third kappa shape index (κ3) is 2.62. The summed E-state index contributed by atoms with van der Waals surface area (Å²) in [6.07, 6.45) is 1.94. The fraction of sp³-hybridized carbons (Fsp3) is 0.429. The molecule has 0 aromatic heterocycles. The second-order valence-corrected chi connectivity index (χ2v) is 6.78. The van der Waals surface area contributed by atoms with E-state index < -0.39 is 23.7 Å². The first-order chi connectivity index (χ1) is 10.0. The van der Waals surface area contributed by atoms with Crippen LogP contribution in [0.25, 0.3) is 0 Å². The quantitative estimate of drug-likeness (QED) is 0.926. The summed E-state index contributed by atoms with van der Waals surface area (Å²) in [5.74, 6) is -1.79. The molecule has 4 nitrogen and oxygen atoms in total. The normalized spacial score (nSPS) is 25.1. The highest BCUT2D eigenvalue weighted by atomic mass is 35.5. The van der Waals surface area contributed by atoms with Crippen molar-refractivity contribution in [3.63, 3.8) is 0 Å². The maximum absolute atomic E-state index is 13.9. The standard InChI is InChI=1S/C14H13ClFNO3S/c15-8-2-1-3-9(16)11(8)12(18)17-10(14(19)20)6-21-13(17)7-4-5-7/h1-3,7,10,13H,4-6H2,(H,19,20). The minimum atomic E-state index is -1.06. The number of halogens is 2. The molecule has 1 heterocycles. The smallest absolute Gasteiger partial charge is 0.327 e. The maximum atomic E-state index is 13.9. The number of carboxylic acids is 1. The number of thioether (sulfide) groups is 1. The summed E-state index contributed by atoms with van der Waals surface area (Å²) in [5.41, 5.74) is -0.237. The first kappa shape index (κ1) is 14.7. The minimum Gasteiger partial charge on any atom is -0.480 e. The molecule has 1 aromatic rings. The lowest BCUT2D eigenvalue weighted by Gasteiger charge is -2.27. The average Bonchev–Trinajstić information content (AvgIpc) is 3.16. The van der Waals surface area contributed by atoms with Gasteiger partial charge in [-0.1, -0.05) is 17.7 Å². The number of benzene rings is 1. The van der Waals surface area contributed by atoms with E-state index in [1.165, 1.54) is 28.8 Å². The molecule has 1 aliphatic carbocycles. The molecule has 7 heteroatoms. The summed E-state index contributed by atoms with van der Waals surface area (Å²) in [6, 6.07) is 3.08. The van der Waals surface area contributed by atoms with Crippen LogP contribution < -0.4 is 0 Å². The van der Waals surface area contributed by atoms with Gasteiger partial charge in [-0.15, -0.1) is 11.8 Å². The van der Waals surface area contributed by atoms with Gasteiger partial charge >= 0.3 is 5.97 Å². The van der Waals surface area contributed by atoms with Crippen molar-refractivity contribution in [2.75, 3.05) is 5.75 Å². The van der Waals surface area contributed by atoms with E-state index in [2.05, 4.69) is 0 Å². The summed E-state index contributed by atoms with van der Waals surface area (Å²) in [7, 11) is 0. The average molecular weight is 330 g/mol. The summed E-state index contributed by atoms with van der Waals surface area (Å²) in [6.45, 7) is 0. The number of amides is 1. The number of hydrogen-bond donors (Lipinski definition) is 1. The zero-order chi connectivity index (χ0) is 15.1. The van der Waals surface area contributed by atoms with Crippen LogP contribution in [0.5, 0.6) is 0 Å². The molecule has 112 valence electrons. The van der Waals surface area contributed by atoms with Gasteiger partial charge in [-0.25, -0.2) is 9.18 Å². The van der Waals surface area contributed by atoms with Gasteiger partial charge in [0.1, 0.15) is 11.9 Å². The molecule has 0 radical (unpaired) electrons. The Kier molecular flexibility index (Phi) is 3.84. The second kappa shape index (κ2) is 5.50. The Hall–Kier alpha value is -1.27. The van der Waals surface area contributed by atoms with Crippen molar-refractivity contribution >= 4 is 35.2 Å². The van der Waals surface area contributed by atoms with Crippen LogP contribution >= 0.6 is 23.4 Å². The predicted octanol–water partition coefficient (Wildman–Crippen LogP) is 2.86. The Morgan fingerprint density at radius 3 is 2.67 bits per heavy atom. The van der Waals surface area contributed by atoms with Crippen LogP contribution in [-0.4, -0.2) is 39.1 Å². The van der Waals surface area contributed by atoms with Crippen LogP contribution in [0.15, 0.2) is 18.2 Å². The second-order valence-electron chi connectivity index (χ2n) is 5.22. The number of rotatable bonds is 3. The van der Waals surface area contributed by atoms with E-state index in [0.29, 0.717) is 11.7 Å². The van der Waals surface area contributed by atoms with Gasteiger partial charge in [-0.3, -0.25) is 4.79 Å². The summed E-state index contributed by atoms with van der Waals surface area (Å²) in [5, 5.41) is 9.11. The van der Waals surface area contributed by atoms with Crippen LogP contribution in [0.1, 0.15) is 23.2 Å². The molecule has 1 aliphatic heterocycles. The Labute approximate surface area is 130 Å². The van der Waals surface area contributed by atoms with Crippen molar-refractivity contribution < 1.29 is 19.1 Å². The largest absolute Gasteiger partial charge is 0.480 e. The van der Waals surface area contributed by atoms with Crippen LogP contribution in [0.4, 0.5) is 4.39 Å². The molecule has 1 saturated heterocycles. The molecule has 0 bridgehead atoms. The third-order valence-electron chi connectivity index (χ3n) is 3.76. The van der Waals surface area contributed by atoms with Crippen molar-refractivity contribution in [3.8, 4) is 0 Å². The van der Waals surface area contributed by atoms with Crippen molar-refractivity contribution in [1.82, 2.24) is 4.90 Å². The maximum Gasteiger partial charge on any atom is 0.327 e. The molecule has 1 aromatic carbocycles. The fourth-order valence-corrected chi connectivity index (χ4v) is 4.42. The molecule has 1 N–H and O–H groups in total. The van der Waals surface area contributed by atoms with E-state index >= 15 is 0 Å². The molecule has 2 fully saturated rings. The fourth-order valence-electron chi connectivity index (χ4n) is 2.55. The van der Waals surface area contributed by atoms with Gasteiger partial charge < -0.3 is 10.0 Å². The van der Waals surface area contributed by atoms with Gasteiger partial charge in [0.15, 0.2) is 0 Å². The number of carboxylic acid groups (broad SMARTS) is 1. The number of carbonyl (C=O) groups excluding carboxylic acids is 1. The Balaban J connectivity index is 1.98. The van der Waals surface area contributed by atoms with Crippen molar-refractivity contribution in [3.05, 3.63) is 34.6 Å². The number of nitrogens with zero attached hydrogens (tertiary/aromatic N) is 1. The lowest BCUT2D eigenvalue weighted by Crippen LogP contribution is -2.46. The molecule has 1 amide bonds. The Bertz CT molecular complexity index is 588. The molecular weight excluding hydrogens is 317 g/mol. The monoisotopic (exact) mass is 329 g/mol. The molecule has 21 heavy (non-hydrogen) atoms. The number of carbonyl (C=O) groups is 2. The lowest BCUT2D eigenvalue weighted by atomic mass is 10.1. The van der Waals surface area contributed by atoms with Gasteiger partial charge in [0.25, 0.3) is 5.91 Å². The summed E-state index contributed by atoms with van der Waals surface area (Å²) < 4.78 is 13.9. The van der Waals surface area contributed by atoms with Gasteiger partial charge in [0.2, 0.25) is 0 Å². The molecular formula is C14H13ClFNO3S. The lowest BCUT2D eigenvalue weighted by molar-refractivity contribution is -0.141. The van der Waals surface area contributed by atoms with E-state index in [9.17, 15) is 19.1 Å². The first-order valence-electron chi connectivity index (χ1n) is 6.61. The summed E-state index contributed by atoms with van der Waals surface area (Å²) in [4.78, 5) is 25.3. The third-order valence-corrected chi connectivity index (χ3v) is 5.53.